The molecule has 0 aromatic heterocycles. The lowest BCUT2D eigenvalue weighted by atomic mass is 9.90. The van der Waals surface area contributed by atoms with Crippen LogP contribution in [0.4, 0.5) is 4.79 Å². The van der Waals surface area contributed by atoms with E-state index in [1.54, 1.807) is 4.90 Å². The third-order valence-electron chi connectivity index (χ3n) is 3.65. The first-order valence-corrected chi connectivity index (χ1v) is 9.04. The molecule has 4 nitrogen and oxygen atoms in total. The molecule has 0 aliphatic carbocycles. The smallest absolute Gasteiger partial charge is 0.410 e. The van der Waals surface area contributed by atoms with Crippen molar-refractivity contribution in [2.24, 2.45) is 5.41 Å². The van der Waals surface area contributed by atoms with Crippen LogP contribution >= 0.6 is 11.8 Å². The number of carbonyl (C=O) groups is 2. The molecule has 126 valence electrons. The van der Waals surface area contributed by atoms with E-state index in [1.807, 2.05) is 0 Å². The highest BCUT2D eigenvalue weighted by Crippen LogP contribution is 2.25. The monoisotopic (exact) mass is 327 g/mol. The SMILES string of the molecule is C=CCOC(=O)N1CCCC1C(=O)SCCCCC(C)(C)C. The molecule has 1 atom stereocenters. The number of thioether (sulfide) groups is 1. The largest absolute Gasteiger partial charge is 0.445 e. The number of amides is 1. The van der Waals surface area contributed by atoms with Gasteiger partial charge in [0.15, 0.2) is 0 Å². The Kier molecular flexibility index (Phi) is 8.01. The standard InChI is InChI=1S/C17H29NO3S/c1-5-12-21-16(20)18-11-8-9-14(18)15(19)22-13-7-6-10-17(2,3)4/h5,14H,1,6-13H2,2-4H3. The maximum atomic E-state index is 12.3. The Morgan fingerprint density at radius 3 is 2.73 bits per heavy atom. The molecule has 0 bridgehead atoms. The van der Waals surface area contributed by atoms with E-state index in [4.69, 9.17) is 4.74 Å². The summed E-state index contributed by atoms with van der Waals surface area (Å²) in [6, 6.07) is -0.315. The molecule has 0 radical (unpaired) electrons. The van der Waals surface area contributed by atoms with Gasteiger partial charge in [-0.1, -0.05) is 51.6 Å². The average molecular weight is 327 g/mol. The Balaban J connectivity index is 2.31. The van der Waals surface area contributed by atoms with Crippen molar-refractivity contribution < 1.29 is 14.3 Å². The van der Waals surface area contributed by atoms with Gasteiger partial charge >= 0.3 is 6.09 Å². The molecule has 5 heteroatoms. The summed E-state index contributed by atoms with van der Waals surface area (Å²) in [5.74, 6) is 0.834. The van der Waals surface area contributed by atoms with Gasteiger partial charge in [0.25, 0.3) is 0 Å². The van der Waals surface area contributed by atoms with Gasteiger partial charge in [-0.3, -0.25) is 9.69 Å². The molecule has 1 aliphatic heterocycles. The van der Waals surface area contributed by atoms with Gasteiger partial charge in [-0.15, -0.1) is 0 Å². The van der Waals surface area contributed by atoms with Gasteiger partial charge in [-0.05, 0) is 31.1 Å². The second-order valence-electron chi connectivity index (χ2n) is 6.90. The van der Waals surface area contributed by atoms with Crippen LogP contribution in [-0.2, 0) is 9.53 Å². The lowest BCUT2D eigenvalue weighted by Crippen LogP contribution is -2.40. The molecule has 0 aromatic carbocycles. The predicted octanol–water partition coefficient (Wildman–Crippen LogP) is 4.25. The Morgan fingerprint density at radius 2 is 2.09 bits per heavy atom. The zero-order chi connectivity index (χ0) is 16.6. The zero-order valence-electron chi connectivity index (χ0n) is 14.1. The van der Waals surface area contributed by atoms with Crippen LogP contribution in [0.3, 0.4) is 0 Å². The fourth-order valence-electron chi connectivity index (χ4n) is 2.47. The summed E-state index contributed by atoms with van der Waals surface area (Å²) in [6.45, 7) is 11.0. The summed E-state index contributed by atoms with van der Waals surface area (Å²) in [4.78, 5) is 25.8. The van der Waals surface area contributed by atoms with Gasteiger partial charge in [0, 0.05) is 12.3 Å². The minimum Gasteiger partial charge on any atom is -0.445 e. The van der Waals surface area contributed by atoms with Crippen molar-refractivity contribution in [3.05, 3.63) is 12.7 Å². The van der Waals surface area contributed by atoms with E-state index in [-0.39, 0.29) is 17.8 Å². The zero-order valence-corrected chi connectivity index (χ0v) is 14.9. The Morgan fingerprint density at radius 1 is 1.36 bits per heavy atom. The van der Waals surface area contributed by atoms with Crippen molar-refractivity contribution in [1.29, 1.82) is 0 Å². The lowest BCUT2D eigenvalue weighted by Gasteiger charge is -2.22. The van der Waals surface area contributed by atoms with Crippen LogP contribution in [0.25, 0.3) is 0 Å². The van der Waals surface area contributed by atoms with Crippen LogP contribution in [0.2, 0.25) is 0 Å². The van der Waals surface area contributed by atoms with Crippen molar-refractivity contribution in [2.45, 2.75) is 58.9 Å². The maximum Gasteiger partial charge on any atom is 0.410 e. The number of nitrogens with zero attached hydrogens (tertiary/aromatic N) is 1. The molecule has 1 rings (SSSR count). The molecule has 1 aliphatic rings. The fraction of sp³-hybridized carbons (Fsp3) is 0.765. The van der Waals surface area contributed by atoms with Crippen molar-refractivity contribution in [1.82, 2.24) is 4.90 Å². The second kappa shape index (κ2) is 9.23. The highest BCUT2D eigenvalue weighted by molar-refractivity contribution is 8.13. The normalized spacial score (nSPS) is 18.3. The van der Waals surface area contributed by atoms with Crippen LogP contribution in [0, 0.1) is 5.41 Å². The maximum absolute atomic E-state index is 12.3. The van der Waals surface area contributed by atoms with E-state index in [1.165, 1.54) is 24.3 Å². The highest BCUT2D eigenvalue weighted by Gasteiger charge is 2.34. The van der Waals surface area contributed by atoms with Gasteiger partial charge in [-0.2, -0.15) is 0 Å². The molecule has 0 aromatic rings. The minimum absolute atomic E-state index is 0.101. The number of hydrogen-bond acceptors (Lipinski definition) is 4. The third kappa shape index (κ3) is 6.86. The predicted molar refractivity (Wildman–Crippen MR) is 92.0 cm³/mol. The summed E-state index contributed by atoms with van der Waals surface area (Å²) in [5, 5.41) is 0.101. The van der Waals surface area contributed by atoms with E-state index in [0.717, 1.165) is 31.4 Å². The molecule has 1 heterocycles. The molecular weight excluding hydrogens is 298 g/mol. The summed E-state index contributed by atoms with van der Waals surface area (Å²) in [6.07, 6.45) is 6.10. The highest BCUT2D eigenvalue weighted by atomic mass is 32.2. The first kappa shape index (κ1) is 19.1. The van der Waals surface area contributed by atoms with E-state index in [2.05, 4.69) is 27.4 Å². The van der Waals surface area contributed by atoms with Crippen LogP contribution in [0.1, 0.15) is 52.9 Å². The number of rotatable bonds is 7. The summed E-state index contributed by atoms with van der Waals surface area (Å²) in [7, 11) is 0. The van der Waals surface area contributed by atoms with Crippen molar-refractivity contribution in [2.75, 3.05) is 18.9 Å². The summed E-state index contributed by atoms with van der Waals surface area (Å²) >= 11 is 1.36. The van der Waals surface area contributed by atoms with E-state index in [9.17, 15) is 9.59 Å². The topological polar surface area (TPSA) is 46.6 Å². The van der Waals surface area contributed by atoms with E-state index >= 15 is 0 Å². The fourth-order valence-corrected chi connectivity index (χ4v) is 3.46. The molecule has 1 unspecified atom stereocenters. The molecule has 0 spiro atoms. The summed E-state index contributed by atoms with van der Waals surface area (Å²) < 4.78 is 5.04. The molecule has 1 amide bonds. The van der Waals surface area contributed by atoms with Crippen LogP contribution < -0.4 is 0 Å². The Labute approximate surface area is 138 Å². The number of unbranched alkanes of at least 4 members (excludes halogenated alkanes) is 1. The second-order valence-corrected chi connectivity index (χ2v) is 8.00. The molecular formula is C17H29NO3S. The Hall–Kier alpha value is -0.970. The molecule has 0 N–H and O–H groups in total. The average Bonchev–Trinajstić information content (AvgIpc) is 2.92. The van der Waals surface area contributed by atoms with Crippen molar-refractivity contribution >= 4 is 23.0 Å². The number of ether oxygens (including phenoxy) is 1. The van der Waals surface area contributed by atoms with Gasteiger partial charge < -0.3 is 4.74 Å². The molecule has 0 saturated carbocycles. The van der Waals surface area contributed by atoms with Gasteiger partial charge in [0.2, 0.25) is 5.12 Å². The van der Waals surface area contributed by atoms with Gasteiger partial charge in [-0.25, -0.2) is 4.79 Å². The van der Waals surface area contributed by atoms with E-state index < -0.39 is 6.09 Å². The first-order chi connectivity index (χ1) is 10.3. The number of hydrogen-bond donors (Lipinski definition) is 0. The molecule has 22 heavy (non-hydrogen) atoms. The van der Waals surface area contributed by atoms with Crippen molar-refractivity contribution in [3.63, 3.8) is 0 Å². The van der Waals surface area contributed by atoms with E-state index in [0.29, 0.717) is 12.0 Å². The minimum atomic E-state index is -0.399. The van der Waals surface area contributed by atoms with Crippen molar-refractivity contribution in [3.8, 4) is 0 Å². The lowest BCUT2D eigenvalue weighted by molar-refractivity contribution is -0.114. The van der Waals surface area contributed by atoms with Gasteiger partial charge in [0.05, 0.1) is 0 Å². The van der Waals surface area contributed by atoms with Crippen LogP contribution in [-0.4, -0.2) is 41.1 Å². The molecule has 1 saturated heterocycles. The first-order valence-electron chi connectivity index (χ1n) is 8.06. The molecule has 1 fully saturated rings. The Bertz CT molecular complexity index is 390. The number of carbonyl (C=O) groups excluding carboxylic acids is 2. The van der Waals surface area contributed by atoms with Gasteiger partial charge in [0.1, 0.15) is 12.6 Å². The van der Waals surface area contributed by atoms with Crippen LogP contribution in [0.5, 0.6) is 0 Å². The third-order valence-corrected chi connectivity index (χ3v) is 4.70. The number of likely N-dealkylation sites (tertiary alicyclic amines) is 1. The van der Waals surface area contributed by atoms with Crippen LogP contribution in [0.15, 0.2) is 12.7 Å². The summed E-state index contributed by atoms with van der Waals surface area (Å²) in [5.41, 5.74) is 0.353. The quantitative estimate of drug-likeness (QED) is 0.518.